The molecule has 0 aliphatic carbocycles. The summed E-state index contributed by atoms with van der Waals surface area (Å²) in [4.78, 5) is 15.4. The Bertz CT molecular complexity index is 663. The Kier molecular flexibility index (Phi) is 4.74. The van der Waals surface area contributed by atoms with Gasteiger partial charge < -0.3 is 4.90 Å². The Morgan fingerprint density at radius 3 is 2.45 bits per heavy atom. The number of carbonyl (C=O) groups is 1. The molecule has 1 aliphatic rings. The molecule has 1 saturated heterocycles. The van der Waals surface area contributed by atoms with E-state index in [0.29, 0.717) is 0 Å². The van der Waals surface area contributed by atoms with Crippen molar-refractivity contribution in [2.75, 3.05) is 18.0 Å². The highest BCUT2D eigenvalue weighted by Crippen LogP contribution is 2.21. The number of piperidine rings is 1. The number of benzene rings is 1. The van der Waals surface area contributed by atoms with Crippen molar-refractivity contribution in [3.8, 4) is 0 Å². The lowest BCUT2D eigenvalue weighted by Crippen LogP contribution is -2.29. The van der Waals surface area contributed by atoms with E-state index >= 15 is 0 Å². The molecule has 0 atom stereocenters. The van der Waals surface area contributed by atoms with E-state index < -0.39 is 0 Å². The number of anilines is 1. The molecule has 0 amide bonds. The number of rotatable bonds is 4. The first-order chi connectivity index (χ1) is 10.7. The van der Waals surface area contributed by atoms with Gasteiger partial charge in [-0.1, -0.05) is 18.2 Å². The zero-order chi connectivity index (χ0) is 15.4. The van der Waals surface area contributed by atoms with Crippen molar-refractivity contribution in [1.29, 1.82) is 0 Å². The molecular formula is C19H21NOS. The minimum absolute atomic E-state index is 0.0904. The molecule has 1 aromatic heterocycles. The summed E-state index contributed by atoms with van der Waals surface area (Å²) >= 11 is 1.51. The number of thiophene rings is 1. The number of aryl methyl sites for hydroxylation is 1. The van der Waals surface area contributed by atoms with Crippen molar-refractivity contribution in [3.63, 3.8) is 0 Å². The summed E-state index contributed by atoms with van der Waals surface area (Å²) in [6.45, 7) is 4.29. The van der Waals surface area contributed by atoms with Gasteiger partial charge in [0.05, 0.1) is 4.88 Å². The average Bonchev–Trinajstić information content (AvgIpc) is 3.00. The number of ketones is 1. The van der Waals surface area contributed by atoms with Crippen molar-refractivity contribution < 1.29 is 4.79 Å². The fourth-order valence-electron chi connectivity index (χ4n) is 2.82. The van der Waals surface area contributed by atoms with Crippen LogP contribution in [0.1, 0.15) is 40.1 Å². The molecule has 1 aromatic carbocycles. The quantitative estimate of drug-likeness (QED) is 0.588. The Balaban J connectivity index is 1.67. The second-order valence-corrected chi connectivity index (χ2v) is 6.69. The van der Waals surface area contributed by atoms with E-state index in [0.717, 1.165) is 29.1 Å². The Morgan fingerprint density at radius 2 is 1.82 bits per heavy atom. The first kappa shape index (κ1) is 15.0. The highest BCUT2D eigenvalue weighted by Gasteiger charge is 2.10. The van der Waals surface area contributed by atoms with Crippen LogP contribution in [0.25, 0.3) is 6.08 Å². The highest BCUT2D eigenvalue weighted by atomic mass is 32.1. The monoisotopic (exact) mass is 311 g/mol. The lowest BCUT2D eigenvalue weighted by molar-refractivity contribution is 0.105. The van der Waals surface area contributed by atoms with E-state index in [1.54, 1.807) is 6.08 Å². The molecule has 2 aromatic rings. The lowest BCUT2D eigenvalue weighted by atomic mass is 10.1. The van der Waals surface area contributed by atoms with Gasteiger partial charge in [0.1, 0.15) is 0 Å². The van der Waals surface area contributed by atoms with Gasteiger partial charge in [-0.2, -0.15) is 0 Å². The first-order valence-electron chi connectivity index (χ1n) is 7.85. The van der Waals surface area contributed by atoms with Gasteiger partial charge in [0.2, 0.25) is 0 Å². The van der Waals surface area contributed by atoms with Crippen LogP contribution >= 0.6 is 11.3 Å². The Labute approximate surface area is 136 Å². The fraction of sp³-hybridized carbons (Fsp3) is 0.316. The molecule has 3 rings (SSSR count). The standard InChI is InChI=1S/C19H21NOS/c1-15-11-14-22-19(15)18(21)10-7-16-5-8-17(9-6-16)20-12-3-2-4-13-20/h5-11,14H,2-4,12-13H2,1H3/b10-7+. The highest BCUT2D eigenvalue weighted by molar-refractivity contribution is 7.12. The number of carbonyl (C=O) groups excluding carboxylic acids is 1. The van der Waals surface area contributed by atoms with Crippen molar-refractivity contribution in [2.24, 2.45) is 0 Å². The number of hydrogen-bond acceptors (Lipinski definition) is 3. The van der Waals surface area contributed by atoms with Crippen LogP contribution in [0.2, 0.25) is 0 Å². The zero-order valence-corrected chi connectivity index (χ0v) is 13.7. The molecule has 114 valence electrons. The van der Waals surface area contributed by atoms with Crippen LogP contribution in [0, 0.1) is 6.92 Å². The predicted molar refractivity (Wildman–Crippen MR) is 94.9 cm³/mol. The molecule has 0 saturated carbocycles. The summed E-state index contributed by atoms with van der Waals surface area (Å²) in [5.41, 5.74) is 3.42. The molecule has 2 nitrogen and oxygen atoms in total. The zero-order valence-electron chi connectivity index (χ0n) is 12.9. The van der Waals surface area contributed by atoms with Gasteiger partial charge in [0, 0.05) is 18.8 Å². The molecule has 0 radical (unpaired) electrons. The van der Waals surface area contributed by atoms with Crippen LogP contribution in [0.15, 0.2) is 41.8 Å². The smallest absolute Gasteiger partial charge is 0.196 e. The van der Waals surface area contributed by atoms with Crippen molar-refractivity contribution in [3.05, 3.63) is 57.8 Å². The third kappa shape index (κ3) is 3.47. The second-order valence-electron chi connectivity index (χ2n) is 5.77. The van der Waals surface area contributed by atoms with E-state index in [2.05, 4.69) is 29.2 Å². The maximum absolute atomic E-state index is 12.1. The summed E-state index contributed by atoms with van der Waals surface area (Å²) in [5.74, 6) is 0.0904. The maximum Gasteiger partial charge on any atom is 0.196 e. The van der Waals surface area contributed by atoms with Gasteiger partial charge in [0.25, 0.3) is 0 Å². The molecule has 1 aliphatic heterocycles. The normalized spacial score (nSPS) is 15.4. The molecule has 3 heteroatoms. The molecule has 0 spiro atoms. The van der Waals surface area contributed by atoms with Crippen LogP contribution in [-0.2, 0) is 0 Å². The first-order valence-corrected chi connectivity index (χ1v) is 8.73. The molecule has 0 unspecified atom stereocenters. The molecular weight excluding hydrogens is 290 g/mol. The van der Waals surface area contributed by atoms with Crippen LogP contribution in [0.4, 0.5) is 5.69 Å². The van der Waals surface area contributed by atoms with Crippen LogP contribution in [0.3, 0.4) is 0 Å². The molecule has 0 bridgehead atoms. The van der Waals surface area contributed by atoms with E-state index in [1.165, 1.54) is 36.3 Å². The molecule has 2 heterocycles. The van der Waals surface area contributed by atoms with E-state index in [-0.39, 0.29) is 5.78 Å². The van der Waals surface area contributed by atoms with E-state index in [1.807, 2.05) is 24.4 Å². The van der Waals surface area contributed by atoms with Crippen LogP contribution < -0.4 is 4.90 Å². The van der Waals surface area contributed by atoms with Gasteiger partial charge in [-0.05, 0) is 67.0 Å². The van der Waals surface area contributed by atoms with Crippen LogP contribution in [-0.4, -0.2) is 18.9 Å². The summed E-state index contributed by atoms with van der Waals surface area (Å²) < 4.78 is 0. The molecule has 0 N–H and O–H groups in total. The van der Waals surface area contributed by atoms with Crippen LogP contribution in [0.5, 0.6) is 0 Å². The largest absolute Gasteiger partial charge is 0.372 e. The Hall–Kier alpha value is -1.87. The van der Waals surface area contributed by atoms with Crippen molar-refractivity contribution >= 4 is 28.9 Å². The average molecular weight is 311 g/mol. The van der Waals surface area contributed by atoms with Gasteiger partial charge in [-0.3, -0.25) is 4.79 Å². The SMILES string of the molecule is Cc1ccsc1C(=O)/C=C/c1ccc(N2CCCCC2)cc1. The fourth-order valence-corrected chi connectivity index (χ4v) is 3.67. The van der Waals surface area contributed by atoms with Gasteiger partial charge in [-0.15, -0.1) is 11.3 Å². The Morgan fingerprint density at radius 1 is 1.09 bits per heavy atom. The van der Waals surface area contributed by atoms with E-state index in [4.69, 9.17) is 0 Å². The summed E-state index contributed by atoms with van der Waals surface area (Å²) in [7, 11) is 0. The summed E-state index contributed by atoms with van der Waals surface area (Å²) in [6, 6.07) is 10.5. The summed E-state index contributed by atoms with van der Waals surface area (Å²) in [5, 5.41) is 1.96. The molecule has 22 heavy (non-hydrogen) atoms. The van der Waals surface area contributed by atoms with Gasteiger partial charge in [0.15, 0.2) is 5.78 Å². The maximum atomic E-state index is 12.1. The number of nitrogens with zero attached hydrogens (tertiary/aromatic N) is 1. The second kappa shape index (κ2) is 6.93. The number of allylic oxidation sites excluding steroid dienone is 1. The van der Waals surface area contributed by atoms with Crippen molar-refractivity contribution in [2.45, 2.75) is 26.2 Å². The minimum Gasteiger partial charge on any atom is -0.372 e. The third-order valence-corrected chi connectivity index (χ3v) is 5.16. The van der Waals surface area contributed by atoms with E-state index in [9.17, 15) is 4.79 Å². The third-order valence-electron chi connectivity index (χ3n) is 4.13. The summed E-state index contributed by atoms with van der Waals surface area (Å²) in [6.07, 6.45) is 7.50. The predicted octanol–water partition coefficient (Wildman–Crippen LogP) is 4.94. The minimum atomic E-state index is 0.0904. The topological polar surface area (TPSA) is 20.3 Å². The van der Waals surface area contributed by atoms with Gasteiger partial charge >= 0.3 is 0 Å². The van der Waals surface area contributed by atoms with Gasteiger partial charge in [-0.25, -0.2) is 0 Å². The lowest BCUT2D eigenvalue weighted by Gasteiger charge is -2.28. The van der Waals surface area contributed by atoms with Crippen molar-refractivity contribution in [1.82, 2.24) is 0 Å². The number of hydrogen-bond donors (Lipinski definition) is 0. The molecule has 1 fully saturated rings.